The molecular weight excluding hydrogens is 306 g/mol. The van der Waals surface area contributed by atoms with Gasteiger partial charge in [-0.2, -0.15) is 0 Å². The van der Waals surface area contributed by atoms with E-state index in [2.05, 4.69) is 5.32 Å². The highest BCUT2D eigenvalue weighted by Crippen LogP contribution is 2.54. The number of anilines is 1. The first kappa shape index (κ1) is 15.0. The zero-order valence-electron chi connectivity index (χ0n) is 13.2. The fraction of sp³-hybridized carbons (Fsp3) is 0.368. The Morgan fingerprint density at radius 2 is 1.88 bits per heavy atom. The topological polar surface area (TPSA) is 75.6 Å². The number of carbonyl (C=O) groups is 2. The molecular formula is C19H19NO4. The smallest absolute Gasteiger partial charge is 0.341 e. The molecule has 124 valence electrons. The van der Waals surface area contributed by atoms with E-state index >= 15 is 0 Å². The summed E-state index contributed by atoms with van der Waals surface area (Å²) in [6.45, 7) is -0.388. The van der Waals surface area contributed by atoms with Crippen LogP contribution in [0.1, 0.15) is 19.3 Å². The average Bonchev–Trinajstić information content (AvgIpc) is 3.46. The van der Waals surface area contributed by atoms with Crippen LogP contribution in [-0.4, -0.2) is 23.6 Å². The van der Waals surface area contributed by atoms with Gasteiger partial charge in [0, 0.05) is 22.4 Å². The molecule has 0 bridgehead atoms. The van der Waals surface area contributed by atoms with Gasteiger partial charge in [-0.05, 0) is 43.2 Å². The first-order chi connectivity index (χ1) is 11.6. The molecule has 24 heavy (non-hydrogen) atoms. The van der Waals surface area contributed by atoms with Crippen molar-refractivity contribution in [3.05, 3.63) is 36.4 Å². The van der Waals surface area contributed by atoms with E-state index in [1.165, 1.54) is 12.8 Å². The predicted molar refractivity (Wildman–Crippen MR) is 90.0 cm³/mol. The second-order valence-electron chi connectivity index (χ2n) is 6.67. The van der Waals surface area contributed by atoms with Crippen molar-refractivity contribution in [3.8, 4) is 5.75 Å². The highest BCUT2D eigenvalue weighted by molar-refractivity contribution is 6.05. The quantitative estimate of drug-likeness (QED) is 0.854. The van der Waals surface area contributed by atoms with Crippen molar-refractivity contribution in [3.63, 3.8) is 0 Å². The third kappa shape index (κ3) is 2.94. The standard InChI is InChI=1S/C19H19NO4/c21-18(22)10-24-17-8-7-16(12-3-1-2-4-13(12)17)20-19(23)15-9-14(15)11-5-6-11/h1-4,7-8,11,14-15H,5-6,9-10H2,(H,20,23)(H,21,22). The average molecular weight is 325 g/mol. The van der Waals surface area contributed by atoms with E-state index in [9.17, 15) is 9.59 Å². The molecule has 1 amide bonds. The summed E-state index contributed by atoms with van der Waals surface area (Å²) in [7, 11) is 0. The summed E-state index contributed by atoms with van der Waals surface area (Å²) < 4.78 is 5.35. The second-order valence-corrected chi connectivity index (χ2v) is 6.67. The van der Waals surface area contributed by atoms with Crippen molar-refractivity contribution in [2.45, 2.75) is 19.3 Å². The fourth-order valence-electron chi connectivity index (χ4n) is 3.43. The van der Waals surface area contributed by atoms with Crippen LogP contribution in [0, 0.1) is 17.8 Å². The largest absolute Gasteiger partial charge is 0.481 e. The molecule has 2 saturated carbocycles. The minimum absolute atomic E-state index is 0.0938. The summed E-state index contributed by atoms with van der Waals surface area (Å²) in [5.74, 6) is 1.08. The molecule has 0 heterocycles. The Balaban J connectivity index is 1.56. The number of rotatable bonds is 6. The number of fused-ring (bicyclic) bond motifs is 1. The van der Waals surface area contributed by atoms with Gasteiger partial charge in [0.15, 0.2) is 6.61 Å². The number of aliphatic carboxylic acids is 1. The summed E-state index contributed by atoms with van der Waals surface area (Å²) in [6, 6.07) is 11.0. The lowest BCUT2D eigenvalue weighted by Gasteiger charge is -2.12. The maximum Gasteiger partial charge on any atom is 0.341 e. The van der Waals surface area contributed by atoms with Gasteiger partial charge in [-0.3, -0.25) is 4.79 Å². The monoisotopic (exact) mass is 325 g/mol. The van der Waals surface area contributed by atoms with Crippen LogP contribution < -0.4 is 10.1 Å². The molecule has 2 aliphatic carbocycles. The van der Waals surface area contributed by atoms with Crippen molar-refractivity contribution in [1.29, 1.82) is 0 Å². The van der Waals surface area contributed by atoms with Crippen LogP contribution in [0.5, 0.6) is 5.75 Å². The first-order valence-corrected chi connectivity index (χ1v) is 8.30. The number of nitrogens with one attached hydrogen (secondary N) is 1. The number of carboxylic acid groups (broad SMARTS) is 1. The van der Waals surface area contributed by atoms with Crippen LogP contribution in [0.3, 0.4) is 0 Å². The van der Waals surface area contributed by atoms with E-state index in [0.717, 1.165) is 28.8 Å². The highest BCUT2D eigenvalue weighted by Gasteiger charge is 2.51. The highest BCUT2D eigenvalue weighted by atomic mass is 16.5. The fourth-order valence-corrected chi connectivity index (χ4v) is 3.43. The van der Waals surface area contributed by atoms with Crippen molar-refractivity contribution in [2.75, 3.05) is 11.9 Å². The van der Waals surface area contributed by atoms with E-state index in [1.807, 2.05) is 24.3 Å². The summed E-state index contributed by atoms with van der Waals surface area (Å²) in [6.07, 6.45) is 3.55. The van der Waals surface area contributed by atoms with Crippen molar-refractivity contribution >= 4 is 28.3 Å². The van der Waals surface area contributed by atoms with E-state index in [4.69, 9.17) is 9.84 Å². The number of carbonyl (C=O) groups excluding carboxylic acids is 1. The Kier molecular flexibility index (Phi) is 3.63. The van der Waals surface area contributed by atoms with Gasteiger partial charge in [-0.15, -0.1) is 0 Å². The van der Waals surface area contributed by atoms with Crippen molar-refractivity contribution in [2.24, 2.45) is 17.8 Å². The number of benzene rings is 2. The Morgan fingerprint density at radius 3 is 2.58 bits per heavy atom. The lowest BCUT2D eigenvalue weighted by atomic mass is 10.1. The molecule has 2 unspecified atom stereocenters. The lowest BCUT2D eigenvalue weighted by Crippen LogP contribution is -2.15. The van der Waals surface area contributed by atoms with Crippen LogP contribution >= 0.6 is 0 Å². The molecule has 4 rings (SSSR count). The molecule has 2 aromatic rings. The van der Waals surface area contributed by atoms with Crippen molar-refractivity contribution in [1.82, 2.24) is 0 Å². The van der Waals surface area contributed by atoms with Gasteiger partial charge >= 0.3 is 5.97 Å². The molecule has 0 aromatic heterocycles. The molecule has 5 heteroatoms. The maximum absolute atomic E-state index is 12.4. The van der Waals surface area contributed by atoms with Crippen LogP contribution in [0.15, 0.2) is 36.4 Å². The zero-order chi connectivity index (χ0) is 16.7. The summed E-state index contributed by atoms with van der Waals surface area (Å²) in [5, 5.41) is 13.5. The Morgan fingerprint density at radius 1 is 1.12 bits per heavy atom. The Bertz CT molecular complexity index is 812. The first-order valence-electron chi connectivity index (χ1n) is 8.30. The molecule has 2 aliphatic rings. The minimum atomic E-state index is -1.02. The number of hydrogen-bond acceptors (Lipinski definition) is 3. The summed E-state index contributed by atoms with van der Waals surface area (Å²) >= 11 is 0. The number of ether oxygens (including phenoxy) is 1. The molecule has 0 radical (unpaired) electrons. The molecule has 2 fully saturated rings. The van der Waals surface area contributed by atoms with Crippen LogP contribution in [0.2, 0.25) is 0 Å². The summed E-state index contributed by atoms with van der Waals surface area (Å²) in [4.78, 5) is 23.2. The SMILES string of the molecule is O=C(O)COc1ccc(NC(=O)C2CC2C2CC2)c2ccccc12. The van der Waals surface area contributed by atoms with Crippen LogP contribution in [0.25, 0.3) is 10.8 Å². The predicted octanol–water partition coefficient (Wildman–Crippen LogP) is 3.29. The molecule has 2 atom stereocenters. The molecule has 0 spiro atoms. The second kappa shape index (κ2) is 5.82. The van der Waals surface area contributed by atoms with E-state index < -0.39 is 5.97 Å². The van der Waals surface area contributed by atoms with E-state index in [1.54, 1.807) is 12.1 Å². The minimum Gasteiger partial charge on any atom is -0.481 e. The summed E-state index contributed by atoms with van der Waals surface area (Å²) in [5.41, 5.74) is 0.750. The zero-order valence-corrected chi connectivity index (χ0v) is 13.2. The van der Waals surface area contributed by atoms with E-state index in [-0.39, 0.29) is 18.4 Å². The molecule has 0 aliphatic heterocycles. The third-order valence-electron chi connectivity index (χ3n) is 4.90. The van der Waals surface area contributed by atoms with Gasteiger partial charge in [0.2, 0.25) is 5.91 Å². The van der Waals surface area contributed by atoms with Gasteiger partial charge in [0.1, 0.15) is 5.75 Å². The number of carboxylic acids is 1. The van der Waals surface area contributed by atoms with Gasteiger partial charge in [-0.1, -0.05) is 24.3 Å². The molecule has 2 aromatic carbocycles. The van der Waals surface area contributed by atoms with Gasteiger partial charge in [0.25, 0.3) is 0 Å². The van der Waals surface area contributed by atoms with Crippen LogP contribution in [-0.2, 0) is 9.59 Å². The van der Waals surface area contributed by atoms with E-state index in [0.29, 0.717) is 11.7 Å². The molecule has 2 N–H and O–H groups in total. The molecule has 0 saturated heterocycles. The normalized spacial score (nSPS) is 22.2. The third-order valence-corrected chi connectivity index (χ3v) is 4.90. The Hall–Kier alpha value is -2.56. The van der Waals surface area contributed by atoms with Crippen LogP contribution in [0.4, 0.5) is 5.69 Å². The number of hydrogen-bond donors (Lipinski definition) is 2. The van der Waals surface area contributed by atoms with Crippen molar-refractivity contribution < 1.29 is 19.4 Å². The van der Waals surface area contributed by atoms with Gasteiger partial charge in [0.05, 0.1) is 0 Å². The maximum atomic E-state index is 12.4. The lowest BCUT2D eigenvalue weighted by molar-refractivity contribution is -0.139. The van der Waals surface area contributed by atoms with Gasteiger partial charge < -0.3 is 15.2 Å². The Labute approximate surface area is 139 Å². The van der Waals surface area contributed by atoms with Gasteiger partial charge in [-0.25, -0.2) is 4.79 Å². The molecule has 5 nitrogen and oxygen atoms in total. The number of amides is 1.